The fourth-order valence-electron chi connectivity index (χ4n) is 2.26. The highest BCUT2D eigenvalue weighted by atomic mass is 15.3. The summed E-state index contributed by atoms with van der Waals surface area (Å²) in [5.41, 5.74) is 9.51. The summed E-state index contributed by atoms with van der Waals surface area (Å²) >= 11 is 0. The molecule has 0 saturated heterocycles. The number of nitrogens with two attached hydrogens (primary N) is 1. The van der Waals surface area contributed by atoms with E-state index in [2.05, 4.69) is 41.8 Å². The Morgan fingerprint density at radius 2 is 2.19 bits per heavy atom. The third-order valence-electron chi connectivity index (χ3n) is 2.88. The largest absolute Gasteiger partial charge is 0.328 e. The predicted octanol–water partition coefficient (Wildman–Crippen LogP) is 2.25. The Bertz CT molecular complexity index is 497. The third kappa shape index (κ3) is 1.83. The summed E-state index contributed by atoms with van der Waals surface area (Å²) in [4.78, 5) is 0. The summed E-state index contributed by atoms with van der Waals surface area (Å²) in [6.07, 6.45) is 0.910. The Hall–Kier alpha value is -1.35. The molecule has 1 heterocycles. The van der Waals surface area contributed by atoms with E-state index in [1.165, 1.54) is 16.5 Å². The van der Waals surface area contributed by atoms with E-state index in [1.807, 2.05) is 6.92 Å². The Kier molecular flexibility index (Phi) is 2.97. The SMILES string of the molecule is CCn1nc(C)c2c(CC(C)N)cccc21. The molecule has 0 aliphatic carbocycles. The minimum Gasteiger partial charge on any atom is -0.328 e. The minimum atomic E-state index is 0.190. The van der Waals surface area contributed by atoms with Crippen LogP contribution < -0.4 is 5.73 Å². The smallest absolute Gasteiger partial charge is 0.0687 e. The van der Waals surface area contributed by atoms with Crippen molar-refractivity contribution in [2.75, 3.05) is 0 Å². The first-order valence-electron chi connectivity index (χ1n) is 5.84. The van der Waals surface area contributed by atoms with Crippen molar-refractivity contribution in [2.45, 2.75) is 39.8 Å². The topological polar surface area (TPSA) is 43.8 Å². The maximum Gasteiger partial charge on any atom is 0.0687 e. The van der Waals surface area contributed by atoms with Crippen LogP contribution in [0.25, 0.3) is 10.9 Å². The van der Waals surface area contributed by atoms with Crippen LogP contribution >= 0.6 is 0 Å². The van der Waals surface area contributed by atoms with Crippen molar-refractivity contribution in [1.82, 2.24) is 9.78 Å². The quantitative estimate of drug-likeness (QED) is 0.857. The summed E-state index contributed by atoms with van der Waals surface area (Å²) in [6, 6.07) is 6.56. The van der Waals surface area contributed by atoms with Gasteiger partial charge in [0, 0.05) is 18.0 Å². The lowest BCUT2D eigenvalue weighted by Gasteiger charge is -2.07. The molecule has 3 nitrogen and oxygen atoms in total. The molecule has 86 valence electrons. The van der Waals surface area contributed by atoms with Gasteiger partial charge in [-0.3, -0.25) is 4.68 Å². The van der Waals surface area contributed by atoms with Gasteiger partial charge < -0.3 is 5.73 Å². The second-order valence-electron chi connectivity index (χ2n) is 4.39. The van der Waals surface area contributed by atoms with Crippen molar-refractivity contribution in [3.05, 3.63) is 29.5 Å². The van der Waals surface area contributed by atoms with Crippen molar-refractivity contribution in [2.24, 2.45) is 5.73 Å². The van der Waals surface area contributed by atoms with Crippen LogP contribution in [0.15, 0.2) is 18.2 Å². The van der Waals surface area contributed by atoms with Crippen LogP contribution in [0.1, 0.15) is 25.1 Å². The number of hydrogen-bond acceptors (Lipinski definition) is 2. The van der Waals surface area contributed by atoms with E-state index >= 15 is 0 Å². The number of fused-ring (bicyclic) bond motifs is 1. The fourth-order valence-corrected chi connectivity index (χ4v) is 2.26. The lowest BCUT2D eigenvalue weighted by molar-refractivity contribution is 0.676. The van der Waals surface area contributed by atoms with Crippen molar-refractivity contribution >= 4 is 10.9 Å². The number of aryl methyl sites for hydroxylation is 2. The summed E-state index contributed by atoms with van der Waals surface area (Å²) < 4.78 is 2.05. The van der Waals surface area contributed by atoms with Gasteiger partial charge in [0.2, 0.25) is 0 Å². The predicted molar refractivity (Wildman–Crippen MR) is 67.5 cm³/mol. The standard InChI is InChI=1S/C13H19N3/c1-4-16-12-7-5-6-11(8-9(2)14)13(12)10(3)15-16/h5-7,9H,4,8,14H2,1-3H3. The first-order chi connectivity index (χ1) is 7.63. The molecule has 2 N–H and O–H groups in total. The molecule has 1 unspecified atom stereocenters. The van der Waals surface area contributed by atoms with Gasteiger partial charge in [-0.2, -0.15) is 5.10 Å². The fraction of sp³-hybridized carbons (Fsp3) is 0.462. The summed E-state index contributed by atoms with van der Waals surface area (Å²) in [6.45, 7) is 7.13. The summed E-state index contributed by atoms with van der Waals surface area (Å²) in [5.74, 6) is 0. The molecule has 16 heavy (non-hydrogen) atoms. The average molecular weight is 217 g/mol. The molecule has 1 atom stereocenters. The number of rotatable bonds is 3. The van der Waals surface area contributed by atoms with E-state index in [-0.39, 0.29) is 6.04 Å². The first-order valence-corrected chi connectivity index (χ1v) is 5.84. The number of aromatic nitrogens is 2. The Labute approximate surface area is 96.2 Å². The Morgan fingerprint density at radius 3 is 2.81 bits per heavy atom. The van der Waals surface area contributed by atoms with E-state index in [9.17, 15) is 0 Å². The molecule has 0 aliphatic heterocycles. The Morgan fingerprint density at radius 1 is 1.44 bits per heavy atom. The average Bonchev–Trinajstić information content (AvgIpc) is 2.56. The van der Waals surface area contributed by atoms with E-state index in [0.29, 0.717) is 0 Å². The molecule has 0 aliphatic rings. The molecule has 0 bridgehead atoms. The monoisotopic (exact) mass is 217 g/mol. The molecule has 2 aromatic rings. The number of benzene rings is 1. The highest BCUT2D eigenvalue weighted by Crippen LogP contribution is 2.23. The van der Waals surface area contributed by atoms with E-state index < -0.39 is 0 Å². The number of nitrogens with zero attached hydrogens (tertiary/aromatic N) is 2. The molecule has 2 rings (SSSR count). The van der Waals surface area contributed by atoms with Crippen LogP contribution in [0.3, 0.4) is 0 Å². The summed E-state index contributed by atoms with van der Waals surface area (Å²) in [7, 11) is 0. The molecule has 0 saturated carbocycles. The van der Waals surface area contributed by atoms with Crippen LogP contribution in [0.5, 0.6) is 0 Å². The highest BCUT2D eigenvalue weighted by molar-refractivity contribution is 5.85. The molecule has 1 aromatic carbocycles. The van der Waals surface area contributed by atoms with Crippen LogP contribution in [0.4, 0.5) is 0 Å². The lowest BCUT2D eigenvalue weighted by atomic mass is 10.0. The van der Waals surface area contributed by atoms with Gasteiger partial charge in [0.05, 0.1) is 11.2 Å². The van der Waals surface area contributed by atoms with Crippen molar-refractivity contribution in [3.8, 4) is 0 Å². The minimum absolute atomic E-state index is 0.190. The number of hydrogen-bond donors (Lipinski definition) is 1. The second kappa shape index (κ2) is 4.26. The second-order valence-corrected chi connectivity index (χ2v) is 4.39. The third-order valence-corrected chi connectivity index (χ3v) is 2.88. The van der Waals surface area contributed by atoms with Gasteiger partial charge in [0.25, 0.3) is 0 Å². The molecule has 0 spiro atoms. The maximum atomic E-state index is 5.88. The molecular formula is C13H19N3. The van der Waals surface area contributed by atoms with Crippen LogP contribution in [0.2, 0.25) is 0 Å². The van der Waals surface area contributed by atoms with Crippen LogP contribution in [-0.2, 0) is 13.0 Å². The normalized spacial score (nSPS) is 13.2. The first kappa shape index (κ1) is 11.1. The molecule has 3 heteroatoms. The van der Waals surface area contributed by atoms with E-state index in [1.54, 1.807) is 0 Å². The van der Waals surface area contributed by atoms with Gasteiger partial charge in [0.1, 0.15) is 0 Å². The van der Waals surface area contributed by atoms with Gasteiger partial charge >= 0.3 is 0 Å². The van der Waals surface area contributed by atoms with Crippen molar-refractivity contribution < 1.29 is 0 Å². The molecule has 0 amide bonds. The molecular weight excluding hydrogens is 198 g/mol. The van der Waals surface area contributed by atoms with Crippen molar-refractivity contribution in [1.29, 1.82) is 0 Å². The summed E-state index contributed by atoms with van der Waals surface area (Å²) in [5, 5.41) is 5.83. The maximum absolute atomic E-state index is 5.88. The van der Waals surface area contributed by atoms with Crippen molar-refractivity contribution in [3.63, 3.8) is 0 Å². The van der Waals surface area contributed by atoms with E-state index in [0.717, 1.165) is 18.7 Å². The molecule has 0 fully saturated rings. The van der Waals surface area contributed by atoms with Gasteiger partial charge in [-0.15, -0.1) is 0 Å². The molecule has 0 radical (unpaired) electrons. The zero-order chi connectivity index (χ0) is 11.7. The lowest BCUT2D eigenvalue weighted by Crippen LogP contribution is -2.17. The van der Waals surface area contributed by atoms with Crippen LogP contribution in [0, 0.1) is 6.92 Å². The van der Waals surface area contributed by atoms with Crippen LogP contribution in [-0.4, -0.2) is 15.8 Å². The van der Waals surface area contributed by atoms with Gasteiger partial charge in [-0.05, 0) is 38.8 Å². The zero-order valence-corrected chi connectivity index (χ0v) is 10.2. The highest BCUT2D eigenvalue weighted by Gasteiger charge is 2.11. The zero-order valence-electron chi connectivity index (χ0n) is 10.2. The molecule has 1 aromatic heterocycles. The Balaban J connectivity index is 2.62. The van der Waals surface area contributed by atoms with E-state index in [4.69, 9.17) is 5.73 Å². The van der Waals surface area contributed by atoms with Gasteiger partial charge in [-0.25, -0.2) is 0 Å². The van der Waals surface area contributed by atoms with Gasteiger partial charge in [0.15, 0.2) is 0 Å². The van der Waals surface area contributed by atoms with Gasteiger partial charge in [-0.1, -0.05) is 12.1 Å².